The van der Waals surface area contributed by atoms with Gasteiger partial charge in [-0.1, -0.05) is 6.92 Å². The van der Waals surface area contributed by atoms with Crippen LogP contribution in [0.2, 0.25) is 0 Å². The Hall–Kier alpha value is -1.10. The average molecular weight is 252 g/mol. The highest BCUT2D eigenvalue weighted by molar-refractivity contribution is 5.27. The van der Waals surface area contributed by atoms with E-state index in [0.29, 0.717) is 5.92 Å². The van der Waals surface area contributed by atoms with Gasteiger partial charge >= 0.3 is 0 Å². The predicted octanol–water partition coefficient (Wildman–Crippen LogP) is 1.98. The molecule has 2 heterocycles. The van der Waals surface area contributed by atoms with E-state index in [0.717, 1.165) is 50.7 Å². The summed E-state index contributed by atoms with van der Waals surface area (Å²) in [7, 11) is 0. The van der Waals surface area contributed by atoms with Crippen molar-refractivity contribution in [3.8, 4) is 0 Å². The van der Waals surface area contributed by atoms with Gasteiger partial charge in [-0.3, -0.25) is 0 Å². The van der Waals surface area contributed by atoms with Crippen LogP contribution in [0.25, 0.3) is 0 Å². The van der Waals surface area contributed by atoms with Gasteiger partial charge in [0.25, 0.3) is 5.95 Å². The topological polar surface area (TPSA) is 68.2 Å². The molecule has 1 atom stereocenters. The van der Waals surface area contributed by atoms with Gasteiger partial charge in [0.2, 0.25) is 5.89 Å². The van der Waals surface area contributed by atoms with Crippen molar-refractivity contribution in [3.63, 3.8) is 0 Å². The molecule has 1 aromatic rings. The molecule has 2 rings (SSSR count). The van der Waals surface area contributed by atoms with Crippen molar-refractivity contribution in [2.75, 3.05) is 24.5 Å². The number of rotatable bonds is 6. The molecule has 0 bridgehead atoms. The van der Waals surface area contributed by atoms with Crippen molar-refractivity contribution in [1.29, 1.82) is 0 Å². The smallest absolute Gasteiger partial charge is 0.266 e. The van der Waals surface area contributed by atoms with E-state index < -0.39 is 0 Å². The number of hydrogen-bond acceptors (Lipinski definition) is 5. The molecule has 1 aliphatic rings. The van der Waals surface area contributed by atoms with Crippen LogP contribution in [0.3, 0.4) is 0 Å². The Morgan fingerprint density at radius 2 is 2.06 bits per heavy atom. The third kappa shape index (κ3) is 3.70. The van der Waals surface area contributed by atoms with Gasteiger partial charge in [0.15, 0.2) is 0 Å². The van der Waals surface area contributed by atoms with Crippen LogP contribution >= 0.6 is 0 Å². The first kappa shape index (κ1) is 13.3. The van der Waals surface area contributed by atoms with E-state index >= 15 is 0 Å². The molecule has 0 amide bonds. The van der Waals surface area contributed by atoms with Crippen LogP contribution < -0.4 is 10.6 Å². The zero-order chi connectivity index (χ0) is 12.8. The lowest BCUT2D eigenvalue weighted by Crippen LogP contribution is -2.30. The molecule has 0 saturated carbocycles. The highest BCUT2D eigenvalue weighted by Crippen LogP contribution is 2.17. The molecule has 0 radical (unpaired) electrons. The molecule has 1 aromatic heterocycles. The summed E-state index contributed by atoms with van der Waals surface area (Å²) in [5.74, 6) is 2.16. The van der Waals surface area contributed by atoms with Gasteiger partial charge in [0.05, 0.1) is 0 Å². The second-order valence-electron chi connectivity index (χ2n) is 5.26. The molecule has 18 heavy (non-hydrogen) atoms. The van der Waals surface area contributed by atoms with E-state index in [9.17, 15) is 0 Å². The fourth-order valence-corrected chi connectivity index (χ4v) is 2.37. The van der Waals surface area contributed by atoms with Crippen molar-refractivity contribution in [2.45, 2.75) is 45.4 Å². The van der Waals surface area contributed by atoms with Crippen LogP contribution in [0.1, 0.15) is 44.9 Å². The number of nitrogens with two attached hydrogens (primary N) is 1. The first-order chi connectivity index (χ1) is 8.79. The monoisotopic (exact) mass is 252 g/mol. The first-order valence-corrected chi connectivity index (χ1v) is 7.07. The van der Waals surface area contributed by atoms with Gasteiger partial charge in [-0.15, -0.1) is 0 Å². The van der Waals surface area contributed by atoms with Crippen LogP contribution in [0, 0.1) is 5.92 Å². The molecular weight excluding hydrogens is 228 g/mol. The van der Waals surface area contributed by atoms with E-state index in [-0.39, 0.29) is 0 Å². The number of nitrogens with zero attached hydrogens (tertiary/aromatic N) is 3. The third-order valence-corrected chi connectivity index (χ3v) is 3.61. The van der Waals surface area contributed by atoms with Gasteiger partial charge in [0, 0.05) is 19.5 Å². The molecule has 2 N–H and O–H groups in total. The Labute approximate surface area is 109 Å². The Morgan fingerprint density at radius 3 is 2.78 bits per heavy atom. The largest absolute Gasteiger partial charge is 0.338 e. The SMILES string of the molecule is CC(CCN)CCc1nc(N2CCCCC2)no1. The zero-order valence-electron chi connectivity index (χ0n) is 11.3. The number of anilines is 1. The first-order valence-electron chi connectivity index (χ1n) is 7.07. The maximum Gasteiger partial charge on any atom is 0.266 e. The quantitative estimate of drug-likeness (QED) is 0.838. The van der Waals surface area contributed by atoms with Gasteiger partial charge in [-0.05, 0) is 49.7 Å². The highest BCUT2D eigenvalue weighted by atomic mass is 16.5. The average Bonchev–Trinajstić information content (AvgIpc) is 2.87. The number of piperidine rings is 1. The minimum absolute atomic E-state index is 0.625. The maximum atomic E-state index is 5.54. The van der Waals surface area contributed by atoms with Crippen LogP contribution in [-0.2, 0) is 6.42 Å². The molecule has 1 saturated heterocycles. The van der Waals surface area contributed by atoms with Crippen LogP contribution in [0.4, 0.5) is 5.95 Å². The molecule has 0 aliphatic carbocycles. The lowest BCUT2D eigenvalue weighted by Gasteiger charge is -2.24. The Kier molecular flexibility index (Phi) is 4.99. The summed E-state index contributed by atoms with van der Waals surface area (Å²) in [5, 5.41) is 4.08. The summed E-state index contributed by atoms with van der Waals surface area (Å²) in [5.41, 5.74) is 5.54. The molecule has 5 heteroatoms. The standard InChI is InChI=1S/C13H24N4O/c1-11(7-8-14)5-6-12-15-13(16-18-12)17-9-3-2-4-10-17/h11H,2-10,14H2,1H3. The molecule has 0 aromatic carbocycles. The van der Waals surface area contributed by atoms with E-state index in [1.54, 1.807) is 0 Å². The van der Waals surface area contributed by atoms with E-state index in [1.807, 2.05) is 0 Å². The lowest BCUT2D eigenvalue weighted by atomic mass is 10.0. The Balaban J connectivity index is 1.82. The van der Waals surface area contributed by atoms with Crippen LogP contribution in [0.15, 0.2) is 4.52 Å². The second kappa shape index (κ2) is 6.73. The van der Waals surface area contributed by atoms with Crippen LogP contribution in [-0.4, -0.2) is 29.8 Å². The van der Waals surface area contributed by atoms with Crippen molar-refractivity contribution >= 4 is 5.95 Å². The molecule has 5 nitrogen and oxygen atoms in total. The van der Waals surface area contributed by atoms with Gasteiger partial charge in [-0.25, -0.2) is 0 Å². The summed E-state index contributed by atoms with van der Waals surface area (Å²) in [4.78, 5) is 6.70. The lowest BCUT2D eigenvalue weighted by molar-refractivity contribution is 0.361. The van der Waals surface area contributed by atoms with Gasteiger partial charge in [-0.2, -0.15) is 4.98 Å². The molecule has 1 aliphatic heterocycles. The minimum Gasteiger partial charge on any atom is -0.338 e. The van der Waals surface area contributed by atoms with Crippen molar-refractivity contribution in [3.05, 3.63) is 5.89 Å². The van der Waals surface area contributed by atoms with Crippen molar-refractivity contribution < 1.29 is 4.52 Å². The molecule has 102 valence electrons. The number of aryl methyl sites for hydroxylation is 1. The van der Waals surface area contributed by atoms with E-state index in [2.05, 4.69) is 22.0 Å². The fourth-order valence-electron chi connectivity index (χ4n) is 2.37. The normalized spacial score (nSPS) is 18.0. The summed E-state index contributed by atoms with van der Waals surface area (Å²) < 4.78 is 5.31. The van der Waals surface area contributed by atoms with Crippen molar-refractivity contribution in [2.24, 2.45) is 11.7 Å². The molecule has 1 fully saturated rings. The van der Waals surface area contributed by atoms with E-state index in [4.69, 9.17) is 10.3 Å². The summed E-state index contributed by atoms with van der Waals surface area (Å²) in [6.45, 7) is 5.09. The minimum atomic E-state index is 0.625. The van der Waals surface area contributed by atoms with E-state index in [1.165, 1.54) is 19.3 Å². The predicted molar refractivity (Wildman–Crippen MR) is 71.5 cm³/mol. The summed E-state index contributed by atoms with van der Waals surface area (Å²) in [6.07, 6.45) is 6.78. The molecular formula is C13H24N4O. The van der Waals surface area contributed by atoms with Gasteiger partial charge < -0.3 is 15.2 Å². The van der Waals surface area contributed by atoms with Gasteiger partial charge in [0.1, 0.15) is 0 Å². The fraction of sp³-hybridized carbons (Fsp3) is 0.846. The van der Waals surface area contributed by atoms with Crippen molar-refractivity contribution in [1.82, 2.24) is 10.1 Å². The second-order valence-corrected chi connectivity index (χ2v) is 5.26. The summed E-state index contributed by atoms with van der Waals surface area (Å²) in [6, 6.07) is 0. The summed E-state index contributed by atoms with van der Waals surface area (Å²) >= 11 is 0. The zero-order valence-corrected chi connectivity index (χ0v) is 11.3. The third-order valence-electron chi connectivity index (χ3n) is 3.61. The number of aromatic nitrogens is 2. The molecule has 0 spiro atoms. The maximum absolute atomic E-state index is 5.54. The Bertz CT molecular complexity index is 347. The number of hydrogen-bond donors (Lipinski definition) is 1. The molecule has 1 unspecified atom stereocenters. The Morgan fingerprint density at radius 1 is 1.28 bits per heavy atom. The van der Waals surface area contributed by atoms with Crippen LogP contribution in [0.5, 0.6) is 0 Å². The highest BCUT2D eigenvalue weighted by Gasteiger charge is 2.16.